The highest BCUT2D eigenvalue weighted by atomic mass is 16.5. The van der Waals surface area contributed by atoms with Crippen LogP contribution in [-0.4, -0.2) is 70.2 Å². The molecule has 0 saturated carbocycles. The lowest BCUT2D eigenvalue weighted by molar-refractivity contribution is -0.133. The van der Waals surface area contributed by atoms with Crippen molar-refractivity contribution >= 4 is 17.6 Å². The van der Waals surface area contributed by atoms with Gasteiger partial charge >= 0.3 is 6.03 Å². The van der Waals surface area contributed by atoms with Crippen LogP contribution in [0.25, 0.3) is 11.4 Å². The average Bonchev–Trinajstić information content (AvgIpc) is 3.34. The number of nitrogens with one attached hydrogen (secondary N) is 1. The van der Waals surface area contributed by atoms with Crippen LogP contribution in [0.1, 0.15) is 25.2 Å². The van der Waals surface area contributed by atoms with Crippen molar-refractivity contribution in [3.05, 3.63) is 54.6 Å². The lowest BCUT2D eigenvalue weighted by Gasteiger charge is -2.32. The number of carbonyl (C=O) groups is 2. The van der Waals surface area contributed by atoms with E-state index in [2.05, 4.69) is 20.4 Å². The van der Waals surface area contributed by atoms with Crippen LogP contribution in [0.2, 0.25) is 0 Å². The van der Waals surface area contributed by atoms with Crippen molar-refractivity contribution in [3.63, 3.8) is 0 Å². The van der Waals surface area contributed by atoms with Crippen molar-refractivity contribution in [2.45, 2.75) is 31.8 Å². The predicted molar refractivity (Wildman–Crippen MR) is 125 cm³/mol. The Kier molecular flexibility index (Phi) is 7.36. The average molecular weight is 465 g/mol. The standard InChI is InChI=1S/C24H28N6O4/c1-29(2)24(32)26-18-8-9-20(25-16-18)33-19-12-14-30(15-13-19)22(31)11-10-21-27-23(28-34-21)17-6-4-3-5-7-17/h3-9,16,19H,10-15H2,1-2H3,(H,26,32). The number of aromatic nitrogens is 3. The van der Waals surface area contributed by atoms with Gasteiger partial charge in [0.05, 0.1) is 11.9 Å². The summed E-state index contributed by atoms with van der Waals surface area (Å²) in [5, 5.41) is 6.73. The lowest BCUT2D eigenvalue weighted by Crippen LogP contribution is -2.41. The van der Waals surface area contributed by atoms with Crippen molar-refractivity contribution in [1.82, 2.24) is 24.9 Å². The molecule has 0 bridgehead atoms. The number of likely N-dealkylation sites (tertiary alicyclic amines) is 1. The fraction of sp³-hybridized carbons (Fsp3) is 0.375. The number of benzene rings is 1. The smallest absolute Gasteiger partial charge is 0.321 e. The molecule has 1 N–H and O–H groups in total. The number of hydrogen-bond acceptors (Lipinski definition) is 7. The summed E-state index contributed by atoms with van der Waals surface area (Å²) >= 11 is 0. The number of urea groups is 1. The Morgan fingerprint density at radius 2 is 1.91 bits per heavy atom. The molecule has 34 heavy (non-hydrogen) atoms. The van der Waals surface area contributed by atoms with Crippen LogP contribution in [0.5, 0.6) is 5.88 Å². The quantitative estimate of drug-likeness (QED) is 0.571. The Labute approximate surface area is 197 Å². The minimum absolute atomic E-state index is 0.0110. The Bertz CT molecular complexity index is 1090. The third-order valence-corrected chi connectivity index (χ3v) is 5.53. The predicted octanol–water partition coefficient (Wildman–Crippen LogP) is 3.23. The molecule has 10 nitrogen and oxygen atoms in total. The minimum Gasteiger partial charge on any atom is -0.474 e. The van der Waals surface area contributed by atoms with Gasteiger partial charge in [-0.1, -0.05) is 35.5 Å². The fourth-order valence-corrected chi connectivity index (χ4v) is 3.59. The topological polar surface area (TPSA) is 114 Å². The number of anilines is 1. The second kappa shape index (κ2) is 10.8. The van der Waals surface area contributed by atoms with Crippen LogP contribution in [0, 0.1) is 0 Å². The molecule has 0 unspecified atom stereocenters. The molecule has 178 valence electrons. The molecule has 0 spiro atoms. The molecule has 0 atom stereocenters. The van der Waals surface area contributed by atoms with Gasteiger partial charge in [0.25, 0.3) is 0 Å². The van der Waals surface area contributed by atoms with Gasteiger partial charge in [0, 0.05) is 64.5 Å². The highest BCUT2D eigenvalue weighted by molar-refractivity contribution is 5.88. The first kappa shape index (κ1) is 23.2. The summed E-state index contributed by atoms with van der Waals surface area (Å²) in [5.74, 6) is 1.56. The number of rotatable bonds is 7. The molecule has 1 aliphatic rings. The second-order valence-corrected chi connectivity index (χ2v) is 8.29. The second-order valence-electron chi connectivity index (χ2n) is 8.29. The molecule has 3 heterocycles. The molecule has 2 aromatic heterocycles. The third-order valence-electron chi connectivity index (χ3n) is 5.53. The Morgan fingerprint density at radius 3 is 2.59 bits per heavy atom. The normalized spacial score (nSPS) is 14.0. The van der Waals surface area contributed by atoms with E-state index in [1.807, 2.05) is 35.2 Å². The number of aryl methyl sites for hydroxylation is 1. The number of pyridine rings is 1. The summed E-state index contributed by atoms with van der Waals surface area (Å²) in [6.07, 6.45) is 3.74. The van der Waals surface area contributed by atoms with E-state index in [1.165, 1.54) is 4.90 Å². The van der Waals surface area contributed by atoms with Crippen molar-refractivity contribution in [1.29, 1.82) is 0 Å². The molecule has 0 aliphatic carbocycles. The maximum atomic E-state index is 12.6. The van der Waals surface area contributed by atoms with Crippen LogP contribution in [0.4, 0.5) is 10.5 Å². The summed E-state index contributed by atoms with van der Waals surface area (Å²) in [4.78, 5) is 36.3. The molecule has 3 amide bonds. The van der Waals surface area contributed by atoms with Crippen molar-refractivity contribution < 1.29 is 18.8 Å². The highest BCUT2D eigenvalue weighted by Crippen LogP contribution is 2.20. The molecule has 1 aliphatic heterocycles. The van der Waals surface area contributed by atoms with E-state index in [0.29, 0.717) is 49.2 Å². The summed E-state index contributed by atoms with van der Waals surface area (Å²) in [7, 11) is 3.34. The van der Waals surface area contributed by atoms with Crippen LogP contribution in [-0.2, 0) is 11.2 Å². The number of nitrogens with zero attached hydrogens (tertiary/aromatic N) is 5. The summed E-state index contributed by atoms with van der Waals surface area (Å²) in [5.41, 5.74) is 1.48. The van der Waals surface area contributed by atoms with Crippen LogP contribution < -0.4 is 10.1 Å². The van der Waals surface area contributed by atoms with Gasteiger partial charge in [-0.3, -0.25) is 4.79 Å². The van der Waals surface area contributed by atoms with Gasteiger partial charge in [-0.25, -0.2) is 9.78 Å². The van der Waals surface area contributed by atoms with Gasteiger partial charge in [0.2, 0.25) is 23.5 Å². The highest BCUT2D eigenvalue weighted by Gasteiger charge is 2.24. The molecule has 1 fully saturated rings. The van der Waals surface area contributed by atoms with E-state index in [1.54, 1.807) is 32.4 Å². The minimum atomic E-state index is -0.219. The summed E-state index contributed by atoms with van der Waals surface area (Å²) in [6.45, 7) is 1.25. The van der Waals surface area contributed by atoms with Crippen molar-refractivity contribution in [3.8, 4) is 17.3 Å². The molecule has 0 radical (unpaired) electrons. The zero-order valence-electron chi connectivity index (χ0n) is 19.3. The fourth-order valence-electron chi connectivity index (χ4n) is 3.59. The van der Waals surface area contributed by atoms with E-state index < -0.39 is 0 Å². The number of carbonyl (C=O) groups excluding carboxylic acids is 2. The molecule has 4 rings (SSSR count). The lowest BCUT2D eigenvalue weighted by atomic mass is 10.1. The van der Waals surface area contributed by atoms with Crippen LogP contribution >= 0.6 is 0 Å². The first-order chi connectivity index (χ1) is 16.5. The van der Waals surface area contributed by atoms with Gasteiger partial charge in [-0.05, 0) is 6.07 Å². The molecule has 1 aromatic carbocycles. The molecular weight excluding hydrogens is 436 g/mol. The van der Waals surface area contributed by atoms with E-state index in [4.69, 9.17) is 9.26 Å². The third kappa shape index (κ3) is 6.09. The van der Waals surface area contributed by atoms with E-state index in [-0.39, 0.29) is 18.0 Å². The Morgan fingerprint density at radius 1 is 1.15 bits per heavy atom. The summed E-state index contributed by atoms with van der Waals surface area (Å²) < 4.78 is 11.3. The number of piperidine rings is 1. The Hall–Kier alpha value is -3.95. The molecular formula is C24H28N6O4. The van der Waals surface area contributed by atoms with Gasteiger partial charge in [-0.2, -0.15) is 4.98 Å². The molecule has 3 aromatic rings. The molecule has 1 saturated heterocycles. The van der Waals surface area contributed by atoms with E-state index in [0.717, 1.165) is 18.4 Å². The first-order valence-corrected chi connectivity index (χ1v) is 11.2. The largest absolute Gasteiger partial charge is 0.474 e. The van der Waals surface area contributed by atoms with E-state index >= 15 is 0 Å². The van der Waals surface area contributed by atoms with Gasteiger partial charge in [-0.15, -0.1) is 0 Å². The van der Waals surface area contributed by atoms with Crippen LogP contribution in [0.3, 0.4) is 0 Å². The maximum absolute atomic E-state index is 12.6. The maximum Gasteiger partial charge on any atom is 0.321 e. The Balaban J connectivity index is 1.20. The monoisotopic (exact) mass is 464 g/mol. The number of ether oxygens (including phenoxy) is 1. The van der Waals surface area contributed by atoms with Crippen molar-refractivity contribution in [2.24, 2.45) is 0 Å². The van der Waals surface area contributed by atoms with Gasteiger partial charge in [0.1, 0.15) is 6.10 Å². The SMILES string of the molecule is CN(C)C(=O)Nc1ccc(OC2CCN(C(=O)CCc3nc(-c4ccccc4)no3)CC2)nc1. The zero-order chi connectivity index (χ0) is 23.9. The zero-order valence-corrected chi connectivity index (χ0v) is 19.3. The number of amides is 3. The van der Waals surface area contributed by atoms with Crippen LogP contribution in [0.15, 0.2) is 53.2 Å². The van der Waals surface area contributed by atoms with E-state index in [9.17, 15) is 9.59 Å². The molecule has 10 heteroatoms. The van der Waals surface area contributed by atoms with Crippen molar-refractivity contribution in [2.75, 3.05) is 32.5 Å². The van der Waals surface area contributed by atoms with Gasteiger partial charge < -0.3 is 24.4 Å². The number of hydrogen-bond donors (Lipinski definition) is 1. The van der Waals surface area contributed by atoms with Gasteiger partial charge in [0.15, 0.2) is 0 Å². The summed E-state index contributed by atoms with van der Waals surface area (Å²) in [6, 6.07) is 12.9. The first-order valence-electron chi connectivity index (χ1n) is 11.2.